The minimum atomic E-state index is -3.82. The SMILES string of the molecule is CC(C)(C)N1C(=O)CC(c2ccc(CC(NS(=O)(=O)c3ccccc3)c3nc4ccccc4[nH]3)cc2)=[S-]1=O. The minimum absolute atomic E-state index is 0.113. The summed E-state index contributed by atoms with van der Waals surface area (Å²) in [6.07, 6.45) is 0.444. The maximum absolute atomic E-state index is 13.2. The van der Waals surface area contributed by atoms with E-state index in [4.69, 9.17) is 0 Å². The molecule has 4 aromatic rings. The number of fused-ring (bicyclic) bond motifs is 1. The topological polar surface area (TPSA) is 112 Å². The van der Waals surface area contributed by atoms with Crippen LogP contribution in [0.25, 0.3) is 11.0 Å². The second-order valence-electron chi connectivity index (χ2n) is 10.2. The average molecular weight is 550 g/mol. The van der Waals surface area contributed by atoms with E-state index in [9.17, 15) is 17.4 Å². The number of H-pyrrole nitrogens is 1. The summed E-state index contributed by atoms with van der Waals surface area (Å²) in [6, 6.07) is 22.5. The first kappa shape index (κ1) is 26.1. The second kappa shape index (κ2) is 10.0. The Balaban J connectivity index is 1.45. The van der Waals surface area contributed by atoms with Crippen molar-refractivity contribution in [2.45, 2.75) is 50.1 Å². The maximum Gasteiger partial charge on any atom is 0.241 e. The molecule has 10 heteroatoms. The molecule has 0 bridgehead atoms. The summed E-state index contributed by atoms with van der Waals surface area (Å²) in [5, 5.41) is 0. The zero-order valence-electron chi connectivity index (χ0n) is 21.3. The van der Waals surface area contributed by atoms with Crippen molar-refractivity contribution in [1.29, 1.82) is 0 Å². The van der Waals surface area contributed by atoms with Gasteiger partial charge in [0, 0.05) is 12.0 Å². The smallest absolute Gasteiger partial charge is 0.241 e. The Bertz CT molecular complexity index is 1650. The van der Waals surface area contributed by atoms with Crippen LogP contribution >= 0.6 is 0 Å². The number of amides is 1. The molecule has 2 heterocycles. The maximum atomic E-state index is 13.2. The minimum Gasteiger partial charge on any atom is -0.441 e. The van der Waals surface area contributed by atoms with Gasteiger partial charge in [0.05, 0.1) is 22.0 Å². The fourth-order valence-corrected chi connectivity index (χ4v) is 7.32. The Kier molecular flexibility index (Phi) is 6.89. The summed E-state index contributed by atoms with van der Waals surface area (Å²) < 4.78 is 43.7. The Labute approximate surface area is 224 Å². The summed E-state index contributed by atoms with van der Waals surface area (Å²) in [5.41, 5.74) is 2.61. The zero-order valence-corrected chi connectivity index (χ0v) is 23.0. The van der Waals surface area contributed by atoms with Crippen molar-refractivity contribution in [2.75, 3.05) is 0 Å². The Morgan fingerprint density at radius 3 is 2.29 bits per heavy atom. The molecular weight excluding hydrogens is 520 g/mol. The highest BCUT2D eigenvalue weighted by molar-refractivity contribution is 7.89. The van der Waals surface area contributed by atoms with E-state index in [0.29, 0.717) is 17.1 Å². The summed E-state index contributed by atoms with van der Waals surface area (Å²) in [6.45, 7) is 5.59. The molecule has 1 aliphatic rings. The highest BCUT2D eigenvalue weighted by Crippen LogP contribution is 2.26. The highest BCUT2D eigenvalue weighted by atomic mass is 32.2. The number of benzene rings is 3. The van der Waals surface area contributed by atoms with Crippen LogP contribution in [0.2, 0.25) is 0 Å². The van der Waals surface area contributed by atoms with Gasteiger partial charge in [-0.05, 0) is 62.6 Å². The van der Waals surface area contributed by atoms with Crippen LogP contribution in [0.5, 0.6) is 0 Å². The molecule has 0 saturated heterocycles. The lowest BCUT2D eigenvalue weighted by atomic mass is 10.0. The van der Waals surface area contributed by atoms with Crippen LogP contribution in [0.3, 0.4) is 0 Å². The molecule has 0 saturated carbocycles. The third kappa shape index (κ3) is 5.24. The van der Waals surface area contributed by atoms with Crippen LogP contribution in [0.4, 0.5) is 0 Å². The molecule has 2 N–H and O–H groups in total. The van der Waals surface area contributed by atoms with Gasteiger partial charge in [0.2, 0.25) is 15.9 Å². The number of hydrogen-bond donors (Lipinski definition) is 2. The van der Waals surface area contributed by atoms with Gasteiger partial charge in [-0.15, -0.1) is 4.86 Å². The first-order valence-electron chi connectivity index (χ1n) is 12.2. The van der Waals surface area contributed by atoms with Crippen molar-refractivity contribution in [3.05, 3.63) is 95.8 Å². The van der Waals surface area contributed by atoms with Gasteiger partial charge in [-0.2, -0.15) is 10.6 Å². The molecule has 0 spiro atoms. The Hall–Kier alpha value is -3.47. The van der Waals surface area contributed by atoms with Crippen LogP contribution < -0.4 is 4.72 Å². The number of para-hydroxylation sites is 2. The van der Waals surface area contributed by atoms with Crippen LogP contribution in [0.1, 0.15) is 50.2 Å². The molecule has 1 amide bonds. The first-order valence-corrected chi connectivity index (χ1v) is 14.8. The van der Waals surface area contributed by atoms with E-state index >= 15 is 0 Å². The van der Waals surface area contributed by atoms with Crippen molar-refractivity contribution < 1.29 is 17.4 Å². The normalized spacial score (nSPS) is 15.9. The van der Waals surface area contributed by atoms with Crippen LogP contribution in [0, 0.1) is 0 Å². The quantitative estimate of drug-likeness (QED) is 0.264. The molecule has 0 fully saturated rings. The van der Waals surface area contributed by atoms with Gasteiger partial charge in [0.25, 0.3) is 0 Å². The molecule has 1 unspecified atom stereocenters. The zero-order chi connectivity index (χ0) is 27.1. The largest absolute Gasteiger partial charge is 0.441 e. The van der Waals surface area contributed by atoms with Gasteiger partial charge in [-0.1, -0.05) is 54.6 Å². The van der Waals surface area contributed by atoms with E-state index < -0.39 is 32.2 Å². The van der Waals surface area contributed by atoms with E-state index in [-0.39, 0.29) is 17.2 Å². The number of sulfonamides is 1. The van der Waals surface area contributed by atoms with Crippen molar-refractivity contribution >= 4 is 42.4 Å². The Morgan fingerprint density at radius 1 is 1.00 bits per heavy atom. The van der Waals surface area contributed by atoms with Gasteiger partial charge in [-0.25, -0.2) is 18.1 Å². The lowest BCUT2D eigenvalue weighted by molar-refractivity contribution is -0.127. The lowest BCUT2D eigenvalue weighted by Gasteiger charge is -2.37. The van der Waals surface area contributed by atoms with Gasteiger partial charge in [0.15, 0.2) is 0 Å². The van der Waals surface area contributed by atoms with Crippen LogP contribution in [0.15, 0.2) is 83.8 Å². The summed E-state index contributed by atoms with van der Waals surface area (Å²) in [4.78, 5) is 21.2. The van der Waals surface area contributed by atoms with E-state index in [2.05, 4.69) is 14.7 Å². The predicted molar refractivity (Wildman–Crippen MR) is 149 cm³/mol. The molecule has 0 radical (unpaired) electrons. The van der Waals surface area contributed by atoms with Crippen LogP contribution in [-0.2, 0) is 36.0 Å². The van der Waals surface area contributed by atoms with E-state index in [1.54, 1.807) is 30.3 Å². The van der Waals surface area contributed by atoms with Crippen molar-refractivity contribution in [2.24, 2.45) is 0 Å². The predicted octanol–water partition coefficient (Wildman–Crippen LogP) is 4.26. The number of rotatable bonds is 7. The molecule has 0 aliphatic carbocycles. The summed E-state index contributed by atoms with van der Waals surface area (Å²) in [5.74, 6) is 0.350. The highest BCUT2D eigenvalue weighted by Gasteiger charge is 2.28. The number of imidazole rings is 1. The molecule has 38 heavy (non-hydrogen) atoms. The third-order valence-electron chi connectivity index (χ3n) is 6.33. The fourth-order valence-electron chi connectivity index (χ4n) is 4.55. The van der Waals surface area contributed by atoms with Gasteiger partial charge >= 0.3 is 0 Å². The number of hydrogen-bond acceptors (Lipinski definition) is 6. The molecular formula is C28H29N4O4S2-. The Morgan fingerprint density at radius 2 is 1.66 bits per heavy atom. The lowest BCUT2D eigenvalue weighted by Crippen LogP contribution is -2.41. The number of carbonyl (C=O) groups is 1. The molecule has 1 atom stereocenters. The monoisotopic (exact) mass is 549 g/mol. The van der Waals surface area contributed by atoms with E-state index in [0.717, 1.165) is 22.2 Å². The van der Waals surface area contributed by atoms with Gasteiger partial charge in [0.1, 0.15) is 5.82 Å². The fraction of sp³-hybridized carbons (Fsp3) is 0.250. The third-order valence-corrected chi connectivity index (χ3v) is 9.70. The molecule has 8 nitrogen and oxygen atoms in total. The van der Waals surface area contributed by atoms with Gasteiger partial charge in [-0.3, -0.25) is 4.79 Å². The number of nitrogens with one attached hydrogen (secondary N) is 2. The number of carbonyl (C=O) groups excluding carboxylic acids is 1. The molecule has 5 rings (SSSR count). The van der Waals surface area contributed by atoms with Gasteiger partial charge < -0.3 is 13.5 Å². The first-order chi connectivity index (χ1) is 18.0. The second-order valence-corrected chi connectivity index (χ2v) is 13.3. The number of aromatic nitrogens is 2. The van der Waals surface area contributed by atoms with E-state index in [1.807, 2.05) is 69.3 Å². The molecule has 198 valence electrons. The number of nitrogens with zero attached hydrogens (tertiary/aromatic N) is 2. The molecule has 3 aromatic carbocycles. The van der Waals surface area contributed by atoms with Crippen molar-refractivity contribution in [3.8, 4) is 0 Å². The van der Waals surface area contributed by atoms with Crippen molar-refractivity contribution in [1.82, 2.24) is 19.0 Å². The standard InChI is InChI=1S/C28H29N4O4S2/c1-28(2,3)32-26(33)18-25(37(32)34)20-15-13-19(14-16-20)17-24(27-29-22-11-7-8-12-23(22)30-27)31-38(35,36)21-9-5-4-6-10-21/h4-16,24,31H,17-18H2,1-3H3,(H,29,30)/q-1. The van der Waals surface area contributed by atoms with E-state index in [1.165, 1.54) is 4.31 Å². The summed E-state index contributed by atoms with van der Waals surface area (Å²) >= 11 is 0. The molecule has 1 aliphatic heterocycles. The molecule has 1 aromatic heterocycles. The average Bonchev–Trinajstić information content (AvgIpc) is 3.44. The van der Waals surface area contributed by atoms with Crippen molar-refractivity contribution in [3.63, 3.8) is 0 Å². The number of aromatic amines is 1. The summed E-state index contributed by atoms with van der Waals surface area (Å²) in [7, 11) is -5.36. The van der Waals surface area contributed by atoms with Crippen LogP contribution in [-0.4, -0.2) is 39.0 Å².